The molecule has 6 atom stereocenters. The second kappa shape index (κ2) is 42.6. The van der Waals surface area contributed by atoms with Crippen molar-refractivity contribution in [3.8, 4) is 0 Å². The number of phosphoric ester groups is 1. The van der Waals surface area contributed by atoms with Gasteiger partial charge in [-0.05, 0) is 70.6 Å². The van der Waals surface area contributed by atoms with E-state index in [1.165, 1.54) is 135 Å². The second-order valence-corrected chi connectivity index (χ2v) is 19.8. The van der Waals surface area contributed by atoms with E-state index in [0.29, 0.717) is 13.0 Å². The van der Waals surface area contributed by atoms with Crippen LogP contribution < -0.4 is 0 Å². The van der Waals surface area contributed by atoms with Gasteiger partial charge in [0, 0.05) is 13.0 Å². The van der Waals surface area contributed by atoms with Gasteiger partial charge in [-0.15, -0.1) is 0 Å². The summed E-state index contributed by atoms with van der Waals surface area (Å²) >= 11 is 0. The smallest absolute Gasteiger partial charge is 0.457 e. The minimum absolute atomic E-state index is 0.0820. The number of carbonyl (C=O) groups excluding carboxylic acids is 1. The lowest BCUT2D eigenvalue weighted by Gasteiger charge is -2.41. The molecule has 1 rings (SSSR count). The van der Waals surface area contributed by atoms with Gasteiger partial charge in [-0.2, -0.15) is 0 Å². The predicted molar refractivity (Wildman–Crippen MR) is 263 cm³/mol. The van der Waals surface area contributed by atoms with Gasteiger partial charge in [0.05, 0.1) is 13.2 Å². The molecule has 0 aromatic carbocycles. The zero-order valence-corrected chi connectivity index (χ0v) is 41.9. The van der Waals surface area contributed by atoms with Crippen LogP contribution in [-0.4, -0.2) is 98.9 Å². The summed E-state index contributed by atoms with van der Waals surface area (Å²) in [5, 5.41) is 50.3. The van der Waals surface area contributed by atoms with Crippen molar-refractivity contribution < 1.29 is 58.3 Å². The molecule has 6 unspecified atom stereocenters. The fraction of sp³-hybridized carbons (Fsp3) is 0.865. The Labute approximate surface area is 395 Å². The molecule has 1 saturated carbocycles. The fourth-order valence-corrected chi connectivity index (χ4v) is 9.00. The Balaban J connectivity index is 2.32. The SMILES string of the molecule is CCCCCC/C=C\C/C=C\CCCCCCCC(=O)OC(COCCCCCCCCCCCC/C=C\CCCCCCCCCC)COP(=O)(O)OC1C(O)C(O)C(O)C(O)C1O. The number of phosphoric acid groups is 1. The predicted octanol–water partition coefficient (Wildman–Crippen LogP) is 11.8. The average Bonchev–Trinajstić information content (AvgIpc) is 3.29. The number of carbonyl (C=O) groups is 1. The monoisotopic (exact) mass is 945 g/mol. The van der Waals surface area contributed by atoms with Crippen LogP contribution in [-0.2, 0) is 27.9 Å². The second-order valence-electron chi connectivity index (χ2n) is 18.4. The van der Waals surface area contributed by atoms with Gasteiger partial charge in [0.25, 0.3) is 0 Å². The van der Waals surface area contributed by atoms with Crippen molar-refractivity contribution in [2.45, 2.75) is 268 Å². The lowest BCUT2D eigenvalue weighted by molar-refractivity contribution is -0.220. The Morgan fingerprint density at radius 1 is 0.492 bits per heavy atom. The molecule has 0 aromatic rings. The van der Waals surface area contributed by atoms with Crippen molar-refractivity contribution in [1.82, 2.24) is 0 Å². The number of hydrogen-bond acceptors (Lipinski definition) is 11. The summed E-state index contributed by atoms with van der Waals surface area (Å²) in [4.78, 5) is 23.2. The first-order valence-electron chi connectivity index (χ1n) is 26.3. The summed E-state index contributed by atoms with van der Waals surface area (Å²) in [7, 11) is -5.03. The number of allylic oxidation sites excluding steroid dienone is 6. The number of aliphatic hydroxyl groups excluding tert-OH is 5. The highest BCUT2D eigenvalue weighted by Crippen LogP contribution is 2.47. The van der Waals surface area contributed by atoms with Crippen LogP contribution in [0.3, 0.4) is 0 Å². The van der Waals surface area contributed by atoms with Gasteiger partial charge in [-0.25, -0.2) is 4.57 Å². The largest absolute Gasteiger partial charge is 0.472 e. The highest BCUT2D eigenvalue weighted by molar-refractivity contribution is 7.47. The van der Waals surface area contributed by atoms with E-state index in [4.69, 9.17) is 18.5 Å². The number of aliphatic hydroxyl groups is 5. The maximum absolute atomic E-state index is 12.9. The summed E-state index contributed by atoms with van der Waals surface area (Å²) in [5.74, 6) is -0.489. The molecular weight excluding hydrogens is 848 g/mol. The first kappa shape index (κ1) is 61.6. The molecule has 1 fully saturated rings. The standard InChI is InChI=1S/C52H97O12P/c1-3-5-7-9-11-13-15-17-19-21-22-23-24-25-26-28-30-32-34-36-38-40-42-61-43-45(44-62-65(59,60)64-52-50(57)48(55)47(54)49(56)51(52)58)63-46(53)41-39-37-35-33-31-29-27-20-18-16-14-12-10-8-6-4-2/h14,16,20-22,27,45,47-52,54-58H,3-13,15,17-19,23-26,28-44H2,1-2H3,(H,59,60)/b16-14-,22-21-,27-20-. The Kier molecular flexibility index (Phi) is 40.4. The summed E-state index contributed by atoms with van der Waals surface area (Å²) in [6, 6.07) is 0. The third-order valence-corrected chi connectivity index (χ3v) is 13.2. The summed E-state index contributed by atoms with van der Waals surface area (Å²) in [6.07, 6.45) is 39.3. The number of unbranched alkanes of at least 4 members (excludes halogenated alkanes) is 27. The normalized spacial score (nSPS) is 21.8. The maximum Gasteiger partial charge on any atom is 0.472 e. The quantitative estimate of drug-likeness (QED) is 0.0147. The van der Waals surface area contributed by atoms with Gasteiger partial charge in [0.15, 0.2) is 0 Å². The molecule has 1 aliphatic carbocycles. The minimum atomic E-state index is -5.03. The number of rotatable bonds is 45. The summed E-state index contributed by atoms with van der Waals surface area (Å²) < 4.78 is 34.3. The van der Waals surface area contributed by atoms with Crippen LogP contribution in [0, 0.1) is 0 Å². The Bertz CT molecular complexity index is 1210. The van der Waals surface area contributed by atoms with E-state index in [1.807, 2.05) is 0 Å². The van der Waals surface area contributed by atoms with Crippen molar-refractivity contribution >= 4 is 13.8 Å². The van der Waals surface area contributed by atoms with Gasteiger partial charge in [0.1, 0.15) is 42.7 Å². The Hall–Kier alpha value is -1.44. The molecule has 0 amide bonds. The van der Waals surface area contributed by atoms with Crippen molar-refractivity contribution in [1.29, 1.82) is 0 Å². The van der Waals surface area contributed by atoms with Gasteiger partial charge in [0.2, 0.25) is 0 Å². The molecule has 0 radical (unpaired) electrons. The van der Waals surface area contributed by atoms with Crippen LogP contribution in [0.1, 0.15) is 226 Å². The molecule has 0 bridgehead atoms. The number of esters is 1. The number of hydrogen-bond donors (Lipinski definition) is 6. The first-order valence-corrected chi connectivity index (χ1v) is 27.8. The van der Waals surface area contributed by atoms with E-state index in [-0.39, 0.29) is 13.0 Å². The molecule has 12 nitrogen and oxygen atoms in total. The van der Waals surface area contributed by atoms with Crippen molar-refractivity contribution in [3.05, 3.63) is 36.5 Å². The topological polar surface area (TPSA) is 192 Å². The molecule has 0 aliphatic heterocycles. The highest BCUT2D eigenvalue weighted by atomic mass is 31.2. The van der Waals surface area contributed by atoms with Crippen LogP contribution in [0.5, 0.6) is 0 Å². The van der Waals surface area contributed by atoms with Gasteiger partial charge in [-0.1, -0.05) is 185 Å². The maximum atomic E-state index is 12.9. The zero-order chi connectivity index (χ0) is 47.6. The van der Waals surface area contributed by atoms with E-state index in [9.17, 15) is 39.8 Å². The third kappa shape index (κ3) is 34.5. The van der Waals surface area contributed by atoms with E-state index >= 15 is 0 Å². The zero-order valence-electron chi connectivity index (χ0n) is 41.0. The highest BCUT2D eigenvalue weighted by Gasteiger charge is 2.51. The van der Waals surface area contributed by atoms with E-state index in [2.05, 4.69) is 50.3 Å². The van der Waals surface area contributed by atoms with E-state index in [1.54, 1.807) is 0 Å². The minimum Gasteiger partial charge on any atom is -0.457 e. The summed E-state index contributed by atoms with van der Waals surface area (Å²) in [6.45, 7) is 4.25. The molecule has 1 aliphatic rings. The fourth-order valence-electron chi connectivity index (χ4n) is 8.03. The summed E-state index contributed by atoms with van der Waals surface area (Å²) in [5.41, 5.74) is 0. The molecule has 13 heteroatoms. The molecule has 0 aromatic heterocycles. The molecular formula is C52H97O12P. The molecule has 382 valence electrons. The van der Waals surface area contributed by atoms with Crippen LogP contribution in [0.2, 0.25) is 0 Å². The van der Waals surface area contributed by atoms with Crippen LogP contribution in [0.15, 0.2) is 36.5 Å². The van der Waals surface area contributed by atoms with Crippen LogP contribution in [0.4, 0.5) is 0 Å². The Morgan fingerprint density at radius 3 is 1.32 bits per heavy atom. The van der Waals surface area contributed by atoms with Crippen molar-refractivity contribution in [3.63, 3.8) is 0 Å². The number of ether oxygens (including phenoxy) is 2. The third-order valence-electron chi connectivity index (χ3n) is 12.2. The van der Waals surface area contributed by atoms with Crippen LogP contribution >= 0.6 is 7.82 Å². The first-order chi connectivity index (χ1) is 31.5. The van der Waals surface area contributed by atoms with Crippen molar-refractivity contribution in [2.75, 3.05) is 19.8 Å². The van der Waals surface area contributed by atoms with E-state index in [0.717, 1.165) is 64.2 Å². The lowest BCUT2D eigenvalue weighted by atomic mass is 9.85. The van der Waals surface area contributed by atoms with E-state index < -0.39 is 63.1 Å². The van der Waals surface area contributed by atoms with Gasteiger partial charge < -0.3 is 39.9 Å². The molecule has 0 saturated heterocycles. The average molecular weight is 945 g/mol. The lowest BCUT2D eigenvalue weighted by Crippen LogP contribution is -2.64. The van der Waals surface area contributed by atoms with Gasteiger partial charge in [-0.3, -0.25) is 13.8 Å². The molecule has 65 heavy (non-hydrogen) atoms. The molecule has 0 spiro atoms. The molecule has 6 N–H and O–H groups in total. The Morgan fingerprint density at radius 2 is 0.862 bits per heavy atom. The van der Waals surface area contributed by atoms with Crippen molar-refractivity contribution in [2.24, 2.45) is 0 Å². The molecule has 0 heterocycles. The van der Waals surface area contributed by atoms with Gasteiger partial charge >= 0.3 is 13.8 Å². The van der Waals surface area contributed by atoms with Crippen LogP contribution in [0.25, 0.3) is 0 Å².